The summed E-state index contributed by atoms with van der Waals surface area (Å²) in [6.07, 6.45) is 7.63. The average Bonchev–Trinajstić information content (AvgIpc) is 2.97. The number of rotatable bonds is 13. The number of ether oxygens (including phenoxy) is 3. The minimum absolute atomic E-state index is 0.0260. The molecule has 3 aromatic carbocycles. The number of unbranched alkanes of at least 4 members (excludes halogenated alkanes) is 5. The molecule has 1 aliphatic rings. The van der Waals surface area contributed by atoms with Gasteiger partial charge in [0.15, 0.2) is 29.5 Å². The van der Waals surface area contributed by atoms with Gasteiger partial charge in [-0.2, -0.15) is 4.39 Å². The van der Waals surface area contributed by atoms with Gasteiger partial charge in [0.05, 0.1) is 19.8 Å². The Balaban J connectivity index is 1.41. The van der Waals surface area contributed by atoms with Crippen LogP contribution in [0.4, 0.5) is 17.6 Å². The van der Waals surface area contributed by atoms with Crippen LogP contribution in [0.5, 0.6) is 5.75 Å². The standard InChI is InChI=1S/C33H38F4O3/c1-3-5-7-8-9-10-22-20-39-33(40-21-22)27-16-15-25(29(34)31(27)36)23-11-13-24(14-12-23)26-17-18-28(32(37)30(26)35)38-19-6-4-2/h11-18,22,33H,3-10,19-21H2,1-2H3. The third-order valence-electron chi connectivity index (χ3n) is 7.36. The lowest BCUT2D eigenvalue weighted by Gasteiger charge is -2.30. The molecule has 216 valence electrons. The van der Waals surface area contributed by atoms with Crippen LogP contribution in [0.3, 0.4) is 0 Å². The van der Waals surface area contributed by atoms with Crippen LogP contribution in [-0.4, -0.2) is 19.8 Å². The molecule has 1 fully saturated rings. The molecule has 4 rings (SSSR count). The van der Waals surface area contributed by atoms with E-state index >= 15 is 8.78 Å². The van der Waals surface area contributed by atoms with Crippen molar-refractivity contribution in [1.82, 2.24) is 0 Å². The minimum Gasteiger partial charge on any atom is -0.490 e. The summed E-state index contributed by atoms with van der Waals surface area (Å²) in [6.45, 7) is 5.37. The van der Waals surface area contributed by atoms with E-state index < -0.39 is 29.6 Å². The highest BCUT2D eigenvalue weighted by Crippen LogP contribution is 2.35. The molecule has 0 bridgehead atoms. The Bertz CT molecular complexity index is 1240. The molecule has 1 aliphatic heterocycles. The number of hydrogen-bond donors (Lipinski definition) is 0. The third-order valence-corrected chi connectivity index (χ3v) is 7.36. The molecule has 0 radical (unpaired) electrons. The van der Waals surface area contributed by atoms with Crippen molar-refractivity contribution < 1.29 is 31.8 Å². The molecule has 7 heteroatoms. The highest BCUT2D eigenvalue weighted by Gasteiger charge is 2.28. The van der Waals surface area contributed by atoms with Gasteiger partial charge in [0.2, 0.25) is 5.82 Å². The topological polar surface area (TPSA) is 27.7 Å². The quantitative estimate of drug-likeness (QED) is 0.154. The van der Waals surface area contributed by atoms with Gasteiger partial charge in [0, 0.05) is 22.6 Å². The molecule has 0 spiro atoms. The zero-order valence-corrected chi connectivity index (χ0v) is 23.3. The summed E-state index contributed by atoms with van der Waals surface area (Å²) in [4.78, 5) is 0. The van der Waals surface area contributed by atoms with Crippen molar-refractivity contribution in [2.45, 2.75) is 71.5 Å². The van der Waals surface area contributed by atoms with Crippen molar-refractivity contribution in [1.29, 1.82) is 0 Å². The summed E-state index contributed by atoms with van der Waals surface area (Å²) in [7, 11) is 0. The fourth-order valence-electron chi connectivity index (χ4n) is 4.92. The second-order valence-electron chi connectivity index (χ2n) is 10.4. The fourth-order valence-corrected chi connectivity index (χ4v) is 4.92. The lowest BCUT2D eigenvalue weighted by atomic mass is 9.98. The van der Waals surface area contributed by atoms with Crippen LogP contribution in [-0.2, 0) is 9.47 Å². The van der Waals surface area contributed by atoms with Crippen molar-refractivity contribution in [2.24, 2.45) is 5.92 Å². The number of benzene rings is 3. The first-order valence-corrected chi connectivity index (χ1v) is 14.4. The van der Waals surface area contributed by atoms with Gasteiger partial charge in [-0.15, -0.1) is 0 Å². The molecule has 3 aromatic rings. The molecule has 0 aliphatic carbocycles. The summed E-state index contributed by atoms with van der Waals surface area (Å²) >= 11 is 0. The van der Waals surface area contributed by atoms with Crippen LogP contribution in [0.1, 0.15) is 77.1 Å². The van der Waals surface area contributed by atoms with Crippen LogP contribution >= 0.6 is 0 Å². The second kappa shape index (κ2) is 14.6. The highest BCUT2D eigenvalue weighted by atomic mass is 19.2. The number of hydrogen-bond acceptors (Lipinski definition) is 3. The SMILES string of the molecule is CCCCCCCC1COC(c2ccc(-c3ccc(-c4ccc(OCCCC)c(F)c4F)cc3)c(F)c2F)OC1. The van der Waals surface area contributed by atoms with Crippen LogP contribution in [0.25, 0.3) is 22.3 Å². The van der Waals surface area contributed by atoms with Gasteiger partial charge in [-0.05, 0) is 36.1 Å². The zero-order chi connectivity index (χ0) is 28.5. The lowest BCUT2D eigenvalue weighted by molar-refractivity contribution is -0.207. The maximum atomic E-state index is 15.2. The Morgan fingerprint density at radius 2 is 1.23 bits per heavy atom. The Labute approximate surface area is 234 Å². The fraction of sp³-hybridized carbons (Fsp3) is 0.455. The smallest absolute Gasteiger partial charge is 0.201 e. The van der Waals surface area contributed by atoms with Gasteiger partial charge >= 0.3 is 0 Å². The van der Waals surface area contributed by atoms with E-state index in [2.05, 4.69) is 6.92 Å². The van der Waals surface area contributed by atoms with Crippen LogP contribution < -0.4 is 4.74 Å². The van der Waals surface area contributed by atoms with Crippen molar-refractivity contribution in [3.63, 3.8) is 0 Å². The predicted octanol–water partition coefficient (Wildman–Crippen LogP) is 9.78. The van der Waals surface area contributed by atoms with Crippen LogP contribution in [0.2, 0.25) is 0 Å². The molecule has 1 saturated heterocycles. The molecular formula is C33H38F4O3. The Hall–Kier alpha value is -2.90. The normalized spacial score (nSPS) is 17.2. The molecule has 0 amide bonds. The van der Waals surface area contributed by atoms with Gasteiger partial charge in [-0.25, -0.2) is 13.2 Å². The molecule has 3 nitrogen and oxygen atoms in total. The maximum absolute atomic E-state index is 15.2. The van der Waals surface area contributed by atoms with Gasteiger partial charge in [0.25, 0.3) is 0 Å². The summed E-state index contributed by atoms with van der Waals surface area (Å²) in [5.74, 6) is -3.97. The van der Waals surface area contributed by atoms with Gasteiger partial charge < -0.3 is 14.2 Å². The Morgan fingerprint density at radius 1 is 0.650 bits per heavy atom. The van der Waals surface area contributed by atoms with E-state index in [1.165, 1.54) is 49.9 Å². The molecule has 0 aromatic heterocycles. The first kappa shape index (κ1) is 30.1. The third kappa shape index (κ3) is 7.24. The second-order valence-corrected chi connectivity index (χ2v) is 10.4. The van der Waals surface area contributed by atoms with E-state index in [9.17, 15) is 8.78 Å². The molecule has 0 N–H and O–H groups in total. The molecule has 0 atom stereocenters. The monoisotopic (exact) mass is 558 g/mol. The minimum atomic E-state index is -1.05. The van der Waals surface area contributed by atoms with Gasteiger partial charge in [-0.1, -0.05) is 88.8 Å². The zero-order valence-electron chi connectivity index (χ0n) is 23.3. The first-order chi connectivity index (χ1) is 19.4. The molecule has 1 heterocycles. The van der Waals surface area contributed by atoms with Crippen molar-refractivity contribution >= 4 is 0 Å². The van der Waals surface area contributed by atoms with Gasteiger partial charge in [0.1, 0.15) is 0 Å². The van der Waals surface area contributed by atoms with E-state index in [-0.39, 0.29) is 28.4 Å². The van der Waals surface area contributed by atoms with Crippen molar-refractivity contribution in [3.05, 3.63) is 77.4 Å². The summed E-state index contributed by atoms with van der Waals surface area (Å²) in [5, 5.41) is 0. The van der Waals surface area contributed by atoms with E-state index in [1.807, 2.05) is 6.92 Å². The summed E-state index contributed by atoms with van der Waals surface area (Å²) in [5.41, 5.74) is 0.945. The maximum Gasteiger partial charge on any atom is 0.201 e. The van der Waals surface area contributed by atoms with Gasteiger partial charge in [-0.3, -0.25) is 0 Å². The molecule has 40 heavy (non-hydrogen) atoms. The largest absolute Gasteiger partial charge is 0.490 e. The van der Waals surface area contributed by atoms with Crippen LogP contribution in [0.15, 0.2) is 48.5 Å². The molecule has 0 saturated carbocycles. The van der Waals surface area contributed by atoms with E-state index in [4.69, 9.17) is 14.2 Å². The van der Waals surface area contributed by atoms with Crippen LogP contribution in [0, 0.1) is 29.2 Å². The molecular weight excluding hydrogens is 520 g/mol. The number of halogens is 4. The Kier molecular flexibility index (Phi) is 11.0. The van der Waals surface area contributed by atoms with E-state index in [1.54, 1.807) is 24.3 Å². The summed E-state index contributed by atoms with van der Waals surface area (Å²) in [6, 6.07) is 12.0. The van der Waals surface area contributed by atoms with E-state index in [0.29, 0.717) is 30.9 Å². The van der Waals surface area contributed by atoms with Crippen molar-refractivity contribution in [3.8, 4) is 28.0 Å². The first-order valence-electron chi connectivity index (χ1n) is 14.4. The predicted molar refractivity (Wildman–Crippen MR) is 149 cm³/mol. The highest BCUT2D eigenvalue weighted by molar-refractivity contribution is 5.71. The molecule has 0 unspecified atom stereocenters. The van der Waals surface area contributed by atoms with Crippen molar-refractivity contribution in [2.75, 3.05) is 19.8 Å². The Morgan fingerprint density at radius 3 is 1.85 bits per heavy atom. The summed E-state index contributed by atoms with van der Waals surface area (Å²) < 4.78 is 76.4. The van der Waals surface area contributed by atoms with E-state index in [0.717, 1.165) is 25.7 Å². The average molecular weight is 559 g/mol. The lowest BCUT2D eigenvalue weighted by Crippen LogP contribution is -2.27.